The predicted octanol–water partition coefficient (Wildman–Crippen LogP) is 1.83. The first-order chi connectivity index (χ1) is 8.40. The monoisotopic (exact) mass is 249 g/mol. The summed E-state index contributed by atoms with van der Waals surface area (Å²) < 4.78 is 1.64. The lowest BCUT2D eigenvalue weighted by atomic mass is 10.3. The van der Waals surface area contributed by atoms with Gasteiger partial charge < -0.3 is 5.32 Å². The molecule has 90 valence electrons. The molecule has 0 fully saturated rings. The molecular weight excluding hydrogens is 234 g/mol. The van der Waals surface area contributed by atoms with Gasteiger partial charge in [-0.05, 0) is 53.1 Å². The molecule has 0 bridgehead atoms. The number of hydrogen-bond acceptors (Lipinski definition) is 5. The van der Waals surface area contributed by atoms with Crippen molar-refractivity contribution >= 4 is 17.4 Å². The molecule has 0 amide bonds. The van der Waals surface area contributed by atoms with Crippen molar-refractivity contribution < 1.29 is 0 Å². The summed E-state index contributed by atoms with van der Waals surface area (Å²) in [5.41, 5.74) is 2.09. The average molecular weight is 249 g/mol. The SMILES string of the molecule is CSCCCNc1ccc(-n2cnnn2)cc1. The number of thioether (sulfide) groups is 1. The normalized spacial score (nSPS) is 10.4. The van der Waals surface area contributed by atoms with Crippen molar-refractivity contribution in [3.8, 4) is 5.69 Å². The van der Waals surface area contributed by atoms with Crippen LogP contribution in [0.4, 0.5) is 5.69 Å². The van der Waals surface area contributed by atoms with Crippen molar-refractivity contribution in [1.29, 1.82) is 0 Å². The molecule has 6 heteroatoms. The molecule has 2 rings (SSSR count). The Morgan fingerprint density at radius 3 is 2.76 bits per heavy atom. The van der Waals surface area contributed by atoms with E-state index in [-0.39, 0.29) is 0 Å². The Kier molecular flexibility index (Phi) is 4.37. The van der Waals surface area contributed by atoms with E-state index in [1.54, 1.807) is 11.0 Å². The lowest BCUT2D eigenvalue weighted by Crippen LogP contribution is -2.02. The lowest BCUT2D eigenvalue weighted by molar-refractivity contribution is 0.789. The summed E-state index contributed by atoms with van der Waals surface area (Å²) in [6.07, 6.45) is 4.89. The molecule has 1 aromatic heterocycles. The van der Waals surface area contributed by atoms with E-state index in [1.807, 2.05) is 36.0 Å². The zero-order valence-electron chi connectivity index (χ0n) is 9.71. The van der Waals surface area contributed by atoms with Crippen molar-refractivity contribution in [1.82, 2.24) is 20.2 Å². The van der Waals surface area contributed by atoms with Gasteiger partial charge >= 0.3 is 0 Å². The molecule has 0 aliphatic carbocycles. The van der Waals surface area contributed by atoms with Crippen LogP contribution in [0, 0.1) is 0 Å². The second kappa shape index (κ2) is 6.24. The standard InChI is InChI=1S/C11H15N5S/c1-17-8-2-7-12-10-3-5-11(6-4-10)16-9-13-14-15-16/h3-6,9,12H,2,7-8H2,1H3. The van der Waals surface area contributed by atoms with Crippen molar-refractivity contribution in [2.45, 2.75) is 6.42 Å². The molecule has 0 saturated carbocycles. The van der Waals surface area contributed by atoms with E-state index in [4.69, 9.17) is 0 Å². The summed E-state index contributed by atoms with van der Waals surface area (Å²) >= 11 is 1.87. The first-order valence-electron chi connectivity index (χ1n) is 5.46. The number of nitrogens with one attached hydrogen (secondary N) is 1. The minimum Gasteiger partial charge on any atom is -0.385 e. The van der Waals surface area contributed by atoms with Crippen LogP contribution in [0.15, 0.2) is 30.6 Å². The highest BCUT2D eigenvalue weighted by Crippen LogP contribution is 2.11. The van der Waals surface area contributed by atoms with Gasteiger partial charge in [0.25, 0.3) is 0 Å². The summed E-state index contributed by atoms with van der Waals surface area (Å²) in [4.78, 5) is 0. The second-order valence-corrected chi connectivity index (χ2v) is 4.56. The van der Waals surface area contributed by atoms with Gasteiger partial charge in [0.2, 0.25) is 0 Å². The zero-order valence-corrected chi connectivity index (χ0v) is 10.5. The van der Waals surface area contributed by atoms with Crippen LogP contribution in [0.3, 0.4) is 0 Å². The van der Waals surface area contributed by atoms with Gasteiger partial charge in [-0.25, -0.2) is 4.68 Å². The van der Waals surface area contributed by atoms with Gasteiger partial charge in [-0.2, -0.15) is 11.8 Å². The molecule has 2 aromatic rings. The van der Waals surface area contributed by atoms with E-state index in [2.05, 4.69) is 27.1 Å². The molecule has 0 saturated heterocycles. The van der Waals surface area contributed by atoms with Crippen molar-refractivity contribution in [2.75, 3.05) is 23.9 Å². The van der Waals surface area contributed by atoms with Crippen LogP contribution >= 0.6 is 11.8 Å². The van der Waals surface area contributed by atoms with Crippen molar-refractivity contribution in [2.24, 2.45) is 0 Å². The van der Waals surface area contributed by atoms with Crippen LogP contribution in [0.25, 0.3) is 5.69 Å². The van der Waals surface area contributed by atoms with Gasteiger partial charge in [0.1, 0.15) is 6.33 Å². The summed E-state index contributed by atoms with van der Waals surface area (Å²) in [5.74, 6) is 1.19. The quantitative estimate of drug-likeness (QED) is 0.791. The Balaban J connectivity index is 1.90. The minimum atomic E-state index is 0.963. The largest absolute Gasteiger partial charge is 0.385 e. The van der Waals surface area contributed by atoms with Crippen LogP contribution in [-0.4, -0.2) is 38.8 Å². The molecule has 0 spiro atoms. The summed E-state index contributed by atoms with van der Waals surface area (Å²) in [7, 11) is 0. The van der Waals surface area contributed by atoms with Crippen LogP contribution in [0.5, 0.6) is 0 Å². The van der Waals surface area contributed by atoms with E-state index in [0.29, 0.717) is 0 Å². The van der Waals surface area contributed by atoms with E-state index in [1.165, 1.54) is 12.2 Å². The van der Waals surface area contributed by atoms with Crippen LogP contribution in [-0.2, 0) is 0 Å². The van der Waals surface area contributed by atoms with Gasteiger partial charge in [0.15, 0.2) is 0 Å². The first-order valence-corrected chi connectivity index (χ1v) is 6.86. The molecule has 0 atom stereocenters. The van der Waals surface area contributed by atoms with E-state index >= 15 is 0 Å². The Morgan fingerprint density at radius 1 is 1.29 bits per heavy atom. The molecule has 0 radical (unpaired) electrons. The highest BCUT2D eigenvalue weighted by atomic mass is 32.2. The summed E-state index contributed by atoms with van der Waals surface area (Å²) in [5, 5.41) is 14.4. The van der Waals surface area contributed by atoms with Crippen LogP contribution in [0.2, 0.25) is 0 Å². The minimum absolute atomic E-state index is 0.963. The fourth-order valence-electron chi connectivity index (χ4n) is 1.46. The summed E-state index contributed by atoms with van der Waals surface area (Å²) in [6.45, 7) is 1.01. The van der Waals surface area contributed by atoms with Crippen LogP contribution < -0.4 is 5.32 Å². The smallest absolute Gasteiger partial charge is 0.143 e. The van der Waals surface area contributed by atoms with Crippen molar-refractivity contribution in [3.63, 3.8) is 0 Å². The van der Waals surface area contributed by atoms with E-state index in [9.17, 15) is 0 Å². The number of rotatable bonds is 6. The Hall–Kier alpha value is -1.56. The molecule has 5 nitrogen and oxygen atoms in total. The molecular formula is C11H15N5S. The van der Waals surface area contributed by atoms with E-state index in [0.717, 1.165) is 17.9 Å². The zero-order chi connectivity index (χ0) is 11.9. The second-order valence-electron chi connectivity index (χ2n) is 3.57. The Bertz CT molecular complexity index is 426. The van der Waals surface area contributed by atoms with Gasteiger partial charge in [0, 0.05) is 12.2 Å². The number of anilines is 1. The molecule has 1 N–H and O–H groups in total. The third-order valence-electron chi connectivity index (χ3n) is 2.34. The molecule has 0 aliphatic heterocycles. The molecule has 1 heterocycles. The lowest BCUT2D eigenvalue weighted by Gasteiger charge is -2.06. The predicted molar refractivity (Wildman–Crippen MR) is 70.6 cm³/mol. The van der Waals surface area contributed by atoms with Crippen molar-refractivity contribution in [3.05, 3.63) is 30.6 Å². The number of nitrogens with zero attached hydrogens (tertiary/aromatic N) is 4. The summed E-state index contributed by atoms with van der Waals surface area (Å²) in [6, 6.07) is 8.06. The first kappa shape index (κ1) is 11.9. The maximum atomic E-state index is 3.84. The maximum Gasteiger partial charge on any atom is 0.143 e. The Morgan fingerprint density at radius 2 is 2.12 bits per heavy atom. The van der Waals surface area contributed by atoms with Gasteiger partial charge in [-0.1, -0.05) is 0 Å². The van der Waals surface area contributed by atoms with Gasteiger partial charge in [-0.15, -0.1) is 5.10 Å². The number of hydrogen-bond donors (Lipinski definition) is 1. The fourth-order valence-corrected chi connectivity index (χ4v) is 1.89. The molecule has 17 heavy (non-hydrogen) atoms. The average Bonchev–Trinajstić information content (AvgIpc) is 2.89. The van der Waals surface area contributed by atoms with Gasteiger partial charge in [0.05, 0.1) is 5.69 Å². The third kappa shape index (κ3) is 3.45. The number of benzene rings is 1. The third-order valence-corrected chi connectivity index (χ3v) is 3.03. The fraction of sp³-hybridized carbons (Fsp3) is 0.364. The maximum absolute atomic E-state index is 3.84. The van der Waals surface area contributed by atoms with Gasteiger partial charge in [-0.3, -0.25) is 0 Å². The van der Waals surface area contributed by atoms with E-state index < -0.39 is 0 Å². The number of tetrazole rings is 1. The number of aromatic nitrogens is 4. The Labute approximate surface area is 105 Å². The highest BCUT2D eigenvalue weighted by molar-refractivity contribution is 7.98. The molecule has 1 aromatic carbocycles. The highest BCUT2D eigenvalue weighted by Gasteiger charge is 1.97. The van der Waals surface area contributed by atoms with Crippen LogP contribution in [0.1, 0.15) is 6.42 Å². The molecule has 0 aliphatic rings. The topological polar surface area (TPSA) is 55.6 Å². The molecule has 0 unspecified atom stereocenters.